The minimum absolute atomic E-state index is 0.205. The van der Waals surface area contributed by atoms with Crippen LogP contribution in [0, 0.1) is 5.92 Å². The Morgan fingerprint density at radius 3 is 2.13 bits per heavy atom. The van der Waals surface area contributed by atoms with Crippen molar-refractivity contribution in [3.05, 3.63) is 41.7 Å². The number of unbranched alkanes of at least 4 members (excludes halogenated alkanes) is 1. The van der Waals surface area contributed by atoms with Gasteiger partial charge in [0.2, 0.25) is 5.76 Å². The molecule has 0 aliphatic carbocycles. The van der Waals surface area contributed by atoms with Crippen molar-refractivity contribution in [1.29, 1.82) is 0 Å². The predicted molar refractivity (Wildman–Crippen MR) is 112 cm³/mol. The van der Waals surface area contributed by atoms with Crippen molar-refractivity contribution in [2.75, 3.05) is 27.4 Å². The van der Waals surface area contributed by atoms with E-state index in [0.717, 1.165) is 12.8 Å². The Morgan fingerprint density at radius 1 is 1.07 bits per heavy atom. The molecule has 0 heterocycles. The molecule has 0 saturated heterocycles. The maximum Gasteiger partial charge on any atom is 0.375 e. The number of methoxy groups -OCH3 is 2. The molecule has 8 nitrogen and oxygen atoms in total. The van der Waals surface area contributed by atoms with Crippen molar-refractivity contribution in [2.24, 2.45) is 5.92 Å². The van der Waals surface area contributed by atoms with E-state index < -0.39 is 12.1 Å². The molecule has 170 valence electrons. The fourth-order valence-electron chi connectivity index (χ4n) is 2.65. The summed E-state index contributed by atoms with van der Waals surface area (Å²) in [6, 6.07) is 8.93. The van der Waals surface area contributed by atoms with Crippen LogP contribution in [-0.4, -0.2) is 60.8 Å². The molecule has 3 N–H and O–H groups in total. The monoisotopic (exact) mass is 426 g/mol. The Labute approximate surface area is 178 Å². The summed E-state index contributed by atoms with van der Waals surface area (Å²) in [5.41, 5.74) is 0.666. The van der Waals surface area contributed by atoms with Crippen LogP contribution in [0.3, 0.4) is 0 Å². The highest BCUT2D eigenvalue weighted by atomic mass is 16.5. The van der Waals surface area contributed by atoms with Gasteiger partial charge in [-0.2, -0.15) is 0 Å². The fourth-order valence-corrected chi connectivity index (χ4v) is 2.65. The molecule has 2 unspecified atom stereocenters. The largest absolute Gasteiger partial charge is 0.492 e. The van der Waals surface area contributed by atoms with Crippen molar-refractivity contribution in [2.45, 2.75) is 45.6 Å². The Balaban J connectivity index is 0.000000561. The van der Waals surface area contributed by atoms with E-state index in [9.17, 15) is 14.7 Å². The van der Waals surface area contributed by atoms with Crippen LogP contribution < -0.4 is 0 Å². The molecule has 8 heteroatoms. The molecule has 0 aliphatic rings. The average molecular weight is 427 g/mol. The van der Waals surface area contributed by atoms with Gasteiger partial charge in [0.25, 0.3) is 0 Å². The molecule has 0 saturated carbocycles. The van der Waals surface area contributed by atoms with Crippen LogP contribution in [0.2, 0.25) is 0 Å². The summed E-state index contributed by atoms with van der Waals surface area (Å²) >= 11 is 0. The third-order valence-electron chi connectivity index (χ3n) is 4.14. The summed E-state index contributed by atoms with van der Waals surface area (Å²) in [5, 5.41) is 26.9. The van der Waals surface area contributed by atoms with E-state index in [4.69, 9.17) is 24.4 Å². The van der Waals surface area contributed by atoms with Crippen molar-refractivity contribution < 1.29 is 39.1 Å². The molecule has 0 fully saturated rings. The second kappa shape index (κ2) is 16.2. The number of aliphatic hydroxyl groups excluding tert-OH is 2. The smallest absolute Gasteiger partial charge is 0.375 e. The van der Waals surface area contributed by atoms with Crippen LogP contribution in [0.5, 0.6) is 0 Å². The van der Waals surface area contributed by atoms with Crippen LogP contribution >= 0.6 is 0 Å². The topological polar surface area (TPSA) is 123 Å². The Hall–Kier alpha value is -2.58. The molecular formula is C22H34O8. The van der Waals surface area contributed by atoms with Crippen LogP contribution in [0.1, 0.15) is 45.1 Å². The minimum Gasteiger partial charge on any atom is -0.492 e. The molecule has 1 rings (SSSR count). The SMILES string of the molecule is CCCCC(CC(O)CO)C(=O)OCC.COC(C(=O)O)=C(OC)c1ccccc1. The van der Waals surface area contributed by atoms with Crippen molar-refractivity contribution >= 4 is 17.7 Å². The maximum absolute atomic E-state index is 11.5. The number of carboxylic acids is 1. The third kappa shape index (κ3) is 10.3. The maximum atomic E-state index is 11.5. The zero-order chi connectivity index (χ0) is 22.9. The number of ether oxygens (including phenoxy) is 3. The molecule has 0 spiro atoms. The van der Waals surface area contributed by atoms with Crippen LogP contribution in [-0.2, 0) is 23.8 Å². The van der Waals surface area contributed by atoms with Gasteiger partial charge in [-0.3, -0.25) is 4.79 Å². The van der Waals surface area contributed by atoms with E-state index >= 15 is 0 Å². The van der Waals surface area contributed by atoms with Crippen LogP contribution in [0.4, 0.5) is 0 Å². The number of carboxylic acid groups (broad SMARTS) is 1. The number of hydrogen-bond donors (Lipinski definition) is 3. The van der Waals surface area contributed by atoms with E-state index in [0.29, 0.717) is 18.6 Å². The molecule has 0 aliphatic heterocycles. The summed E-state index contributed by atoms with van der Waals surface area (Å²) in [5.74, 6) is -1.70. The number of esters is 1. The molecule has 1 aromatic rings. The van der Waals surface area contributed by atoms with Crippen molar-refractivity contribution in [3.8, 4) is 0 Å². The Morgan fingerprint density at radius 2 is 1.70 bits per heavy atom. The summed E-state index contributed by atoms with van der Waals surface area (Å²) in [6.07, 6.45) is 2.12. The second-order valence-corrected chi connectivity index (χ2v) is 6.40. The van der Waals surface area contributed by atoms with Gasteiger partial charge in [-0.15, -0.1) is 0 Å². The van der Waals surface area contributed by atoms with Crippen LogP contribution in [0.15, 0.2) is 36.1 Å². The van der Waals surface area contributed by atoms with Gasteiger partial charge in [-0.1, -0.05) is 50.1 Å². The van der Waals surface area contributed by atoms with E-state index in [1.54, 1.807) is 31.2 Å². The molecule has 0 bridgehead atoms. The third-order valence-corrected chi connectivity index (χ3v) is 4.14. The number of aliphatic hydroxyl groups is 2. The first-order valence-electron chi connectivity index (χ1n) is 9.92. The number of aliphatic carboxylic acids is 1. The van der Waals surface area contributed by atoms with Gasteiger partial charge in [0, 0.05) is 5.56 Å². The van der Waals surface area contributed by atoms with Crippen molar-refractivity contribution in [3.63, 3.8) is 0 Å². The standard InChI is InChI=1S/C11H12O4.C11H22O4/c1-14-9(10(15-2)11(12)13)8-6-4-3-5-7-8;1-3-5-6-9(7-10(13)8-12)11(14)15-4-2/h3-7H,1-2H3,(H,12,13);9-10,12-13H,3-8H2,1-2H3. The molecule has 30 heavy (non-hydrogen) atoms. The highest BCUT2D eigenvalue weighted by Crippen LogP contribution is 2.20. The molecular weight excluding hydrogens is 392 g/mol. The highest BCUT2D eigenvalue weighted by molar-refractivity contribution is 5.92. The zero-order valence-corrected chi connectivity index (χ0v) is 18.2. The minimum atomic E-state index is -1.15. The molecule has 2 atom stereocenters. The lowest BCUT2D eigenvalue weighted by Gasteiger charge is -2.17. The number of benzene rings is 1. The molecule has 0 aromatic heterocycles. The second-order valence-electron chi connectivity index (χ2n) is 6.40. The first kappa shape index (κ1) is 27.4. The lowest BCUT2D eigenvalue weighted by atomic mass is 9.96. The normalized spacial score (nSPS) is 13.1. The van der Waals surface area contributed by atoms with Crippen molar-refractivity contribution in [1.82, 2.24) is 0 Å². The lowest BCUT2D eigenvalue weighted by molar-refractivity contribution is -0.149. The number of carbonyl (C=O) groups excluding carboxylic acids is 1. The quantitative estimate of drug-likeness (QED) is 0.265. The molecule has 0 radical (unpaired) electrons. The van der Waals surface area contributed by atoms with Gasteiger partial charge in [-0.25, -0.2) is 4.79 Å². The van der Waals surface area contributed by atoms with Gasteiger partial charge in [0.05, 0.1) is 39.5 Å². The Kier molecular flexibility index (Phi) is 14.8. The predicted octanol–water partition coefficient (Wildman–Crippen LogP) is 2.83. The number of rotatable bonds is 12. The molecule has 0 amide bonds. The summed E-state index contributed by atoms with van der Waals surface area (Å²) in [4.78, 5) is 22.3. The first-order valence-corrected chi connectivity index (χ1v) is 9.92. The Bertz CT molecular complexity index is 642. The van der Waals surface area contributed by atoms with Gasteiger partial charge < -0.3 is 29.5 Å². The van der Waals surface area contributed by atoms with Gasteiger partial charge in [0.15, 0.2) is 5.76 Å². The number of hydrogen-bond acceptors (Lipinski definition) is 7. The average Bonchev–Trinajstić information content (AvgIpc) is 2.75. The lowest BCUT2D eigenvalue weighted by Crippen LogP contribution is -2.25. The zero-order valence-electron chi connectivity index (χ0n) is 18.2. The first-order chi connectivity index (χ1) is 14.4. The number of carbonyl (C=O) groups is 2. The summed E-state index contributed by atoms with van der Waals surface area (Å²) in [7, 11) is 2.70. The van der Waals surface area contributed by atoms with Gasteiger partial charge in [0.1, 0.15) is 0 Å². The van der Waals surface area contributed by atoms with Gasteiger partial charge in [-0.05, 0) is 19.8 Å². The van der Waals surface area contributed by atoms with E-state index in [2.05, 4.69) is 0 Å². The fraction of sp³-hybridized carbons (Fsp3) is 0.545. The molecule has 1 aromatic carbocycles. The highest BCUT2D eigenvalue weighted by Gasteiger charge is 2.22. The van der Waals surface area contributed by atoms with E-state index in [1.165, 1.54) is 14.2 Å². The summed E-state index contributed by atoms with van der Waals surface area (Å²) in [6.45, 7) is 3.86. The van der Waals surface area contributed by atoms with E-state index in [1.807, 2.05) is 13.0 Å². The summed E-state index contributed by atoms with van der Waals surface area (Å²) < 4.78 is 14.7. The van der Waals surface area contributed by atoms with Gasteiger partial charge >= 0.3 is 11.9 Å². The van der Waals surface area contributed by atoms with E-state index in [-0.39, 0.29) is 36.4 Å². The van der Waals surface area contributed by atoms with Crippen LogP contribution in [0.25, 0.3) is 5.76 Å².